The molecular weight excluding hydrogens is 336 g/mol. The van der Waals surface area contributed by atoms with Gasteiger partial charge in [-0.15, -0.1) is 0 Å². The van der Waals surface area contributed by atoms with E-state index < -0.39 is 0 Å². The van der Waals surface area contributed by atoms with E-state index in [4.69, 9.17) is 11.6 Å². The molecule has 0 aliphatic rings. The third kappa shape index (κ3) is 7.11. The monoisotopic (exact) mass is 360 g/mol. The van der Waals surface area contributed by atoms with Crippen LogP contribution in [0, 0.1) is 0 Å². The Labute approximate surface area is 154 Å². The molecular formula is C19H25ClN4O. The van der Waals surface area contributed by atoms with E-state index in [1.165, 1.54) is 5.56 Å². The zero-order valence-electron chi connectivity index (χ0n) is 14.8. The Balaban J connectivity index is 1.79. The predicted octanol–water partition coefficient (Wildman–Crippen LogP) is 3.07. The van der Waals surface area contributed by atoms with Crippen molar-refractivity contribution >= 4 is 23.2 Å². The molecule has 0 aliphatic heterocycles. The van der Waals surface area contributed by atoms with Crippen LogP contribution in [0.4, 0.5) is 5.69 Å². The molecule has 0 atom stereocenters. The molecule has 2 rings (SSSR count). The molecule has 0 bridgehead atoms. The van der Waals surface area contributed by atoms with Crippen molar-refractivity contribution in [3.05, 3.63) is 58.9 Å². The zero-order valence-corrected chi connectivity index (χ0v) is 15.5. The minimum atomic E-state index is -0.0902. The predicted molar refractivity (Wildman–Crippen MR) is 103 cm³/mol. The van der Waals surface area contributed by atoms with E-state index in [0.29, 0.717) is 12.1 Å². The zero-order chi connectivity index (χ0) is 18.1. The van der Waals surface area contributed by atoms with Gasteiger partial charge < -0.3 is 15.5 Å². The van der Waals surface area contributed by atoms with Crippen LogP contribution in [0.15, 0.2) is 42.7 Å². The quantitative estimate of drug-likeness (QED) is 0.675. The van der Waals surface area contributed by atoms with Crippen molar-refractivity contribution in [2.45, 2.75) is 12.8 Å². The number of aromatic nitrogens is 1. The van der Waals surface area contributed by atoms with Crippen LogP contribution >= 0.6 is 11.6 Å². The third-order valence-corrected chi connectivity index (χ3v) is 3.98. The number of pyridine rings is 1. The van der Waals surface area contributed by atoms with Crippen LogP contribution < -0.4 is 10.6 Å². The molecule has 0 saturated carbocycles. The highest BCUT2D eigenvalue weighted by Crippen LogP contribution is 2.11. The van der Waals surface area contributed by atoms with Gasteiger partial charge >= 0.3 is 0 Å². The number of carbonyl (C=O) groups excluding carboxylic acids is 1. The summed E-state index contributed by atoms with van der Waals surface area (Å²) < 4.78 is 0. The van der Waals surface area contributed by atoms with E-state index >= 15 is 0 Å². The molecule has 5 nitrogen and oxygen atoms in total. The summed E-state index contributed by atoms with van der Waals surface area (Å²) in [6.45, 7) is 2.37. The number of hydrogen-bond donors (Lipinski definition) is 2. The fourth-order valence-electron chi connectivity index (χ4n) is 2.36. The summed E-state index contributed by atoms with van der Waals surface area (Å²) in [5.74, 6) is -0.0902. The molecule has 0 fully saturated rings. The first-order chi connectivity index (χ1) is 12.0. The van der Waals surface area contributed by atoms with Crippen molar-refractivity contribution < 1.29 is 4.79 Å². The number of carbonyl (C=O) groups is 1. The molecule has 0 spiro atoms. The first kappa shape index (κ1) is 19.2. The molecule has 1 amide bonds. The van der Waals surface area contributed by atoms with E-state index in [1.807, 2.05) is 44.4 Å². The molecule has 0 aliphatic carbocycles. The van der Waals surface area contributed by atoms with Crippen LogP contribution in [0.5, 0.6) is 0 Å². The lowest BCUT2D eigenvalue weighted by Gasteiger charge is -2.11. The van der Waals surface area contributed by atoms with Crippen LogP contribution in [0.3, 0.4) is 0 Å². The first-order valence-electron chi connectivity index (χ1n) is 8.41. The maximum Gasteiger partial charge on any atom is 0.252 e. The SMILES string of the molecule is CN(C)CCCNC(=O)c1cncc(NCCc2ccc(Cl)cc2)c1. The Kier molecular flexibility index (Phi) is 7.70. The number of nitrogens with one attached hydrogen (secondary N) is 2. The van der Waals surface area contributed by atoms with Gasteiger partial charge in [-0.25, -0.2) is 0 Å². The van der Waals surface area contributed by atoms with E-state index in [-0.39, 0.29) is 5.91 Å². The van der Waals surface area contributed by atoms with E-state index in [2.05, 4.69) is 20.5 Å². The highest BCUT2D eigenvalue weighted by molar-refractivity contribution is 6.30. The number of halogens is 1. The molecule has 6 heteroatoms. The largest absolute Gasteiger partial charge is 0.383 e. The number of amides is 1. The summed E-state index contributed by atoms with van der Waals surface area (Å²) in [6, 6.07) is 9.63. The Morgan fingerprint density at radius 1 is 1.16 bits per heavy atom. The van der Waals surface area contributed by atoms with Gasteiger partial charge in [-0.2, -0.15) is 0 Å². The van der Waals surface area contributed by atoms with Crippen molar-refractivity contribution in [3.8, 4) is 0 Å². The van der Waals surface area contributed by atoms with Gasteiger partial charge in [-0.05, 0) is 57.2 Å². The first-order valence-corrected chi connectivity index (χ1v) is 8.78. The lowest BCUT2D eigenvalue weighted by atomic mass is 10.1. The van der Waals surface area contributed by atoms with Crippen LogP contribution in [-0.2, 0) is 6.42 Å². The summed E-state index contributed by atoms with van der Waals surface area (Å²) in [7, 11) is 4.04. The molecule has 1 aromatic heterocycles. The molecule has 0 saturated heterocycles. The maximum atomic E-state index is 12.2. The molecule has 25 heavy (non-hydrogen) atoms. The van der Waals surface area contributed by atoms with Crippen LogP contribution in [0.25, 0.3) is 0 Å². The number of hydrogen-bond acceptors (Lipinski definition) is 4. The van der Waals surface area contributed by atoms with E-state index in [1.54, 1.807) is 12.4 Å². The smallest absolute Gasteiger partial charge is 0.252 e. The van der Waals surface area contributed by atoms with E-state index in [9.17, 15) is 4.79 Å². The number of benzene rings is 1. The topological polar surface area (TPSA) is 57.3 Å². The molecule has 0 radical (unpaired) electrons. The van der Waals surface area contributed by atoms with Crippen LogP contribution in [0.2, 0.25) is 5.02 Å². The van der Waals surface area contributed by atoms with Crippen molar-refractivity contribution in [1.82, 2.24) is 15.2 Å². The number of anilines is 1. The van der Waals surface area contributed by atoms with Gasteiger partial charge in [-0.1, -0.05) is 23.7 Å². The van der Waals surface area contributed by atoms with Gasteiger partial charge in [0.1, 0.15) is 0 Å². The summed E-state index contributed by atoms with van der Waals surface area (Å²) >= 11 is 5.89. The van der Waals surface area contributed by atoms with Gasteiger partial charge in [-0.3, -0.25) is 9.78 Å². The van der Waals surface area contributed by atoms with Crippen LogP contribution in [-0.4, -0.2) is 49.5 Å². The average molecular weight is 361 g/mol. The highest BCUT2D eigenvalue weighted by atomic mass is 35.5. The van der Waals surface area contributed by atoms with Crippen molar-refractivity contribution in [2.75, 3.05) is 39.0 Å². The van der Waals surface area contributed by atoms with Gasteiger partial charge in [0.15, 0.2) is 0 Å². The van der Waals surface area contributed by atoms with Crippen molar-refractivity contribution in [3.63, 3.8) is 0 Å². The number of rotatable bonds is 9. The van der Waals surface area contributed by atoms with Crippen molar-refractivity contribution in [1.29, 1.82) is 0 Å². The van der Waals surface area contributed by atoms with Gasteiger partial charge in [0.05, 0.1) is 11.3 Å². The highest BCUT2D eigenvalue weighted by Gasteiger charge is 2.06. The fourth-order valence-corrected chi connectivity index (χ4v) is 2.49. The number of nitrogens with zero attached hydrogens (tertiary/aromatic N) is 2. The van der Waals surface area contributed by atoms with Crippen molar-refractivity contribution in [2.24, 2.45) is 0 Å². The normalized spacial score (nSPS) is 10.7. The summed E-state index contributed by atoms with van der Waals surface area (Å²) in [6.07, 6.45) is 5.11. The summed E-state index contributed by atoms with van der Waals surface area (Å²) in [5, 5.41) is 6.97. The Hall–Kier alpha value is -2.11. The summed E-state index contributed by atoms with van der Waals surface area (Å²) in [4.78, 5) is 18.4. The molecule has 134 valence electrons. The molecule has 1 heterocycles. The van der Waals surface area contributed by atoms with Gasteiger partial charge in [0.2, 0.25) is 0 Å². The third-order valence-electron chi connectivity index (χ3n) is 3.72. The minimum Gasteiger partial charge on any atom is -0.383 e. The Morgan fingerprint density at radius 3 is 2.64 bits per heavy atom. The lowest BCUT2D eigenvalue weighted by molar-refractivity contribution is 0.0952. The second-order valence-electron chi connectivity index (χ2n) is 6.18. The average Bonchev–Trinajstić information content (AvgIpc) is 2.60. The maximum absolute atomic E-state index is 12.2. The Morgan fingerprint density at radius 2 is 1.92 bits per heavy atom. The van der Waals surface area contributed by atoms with Crippen LogP contribution in [0.1, 0.15) is 22.3 Å². The lowest BCUT2D eigenvalue weighted by Crippen LogP contribution is -2.27. The van der Waals surface area contributed by atoms with Gasteiger partial charge in [0.25, 0.3) is 5.91 Å². The minimum absolute atomic E-state index is 0.0902. The van der Waals surface area contributed by atoms with Gasteiger partial charge in [0, 0.05) is 30.5 Å². The van der Waals surface area contributed by atoms with E-state index in [0.717, 1.165) is 36.6 Å². The molecule has 0 unspecified atom stereocenters. The fraction of sp³-hybridized carbons (Fsp3) is 0.368. The second-order valence-corrected chi connectivity index (χ2v) is 6.61. The second kappa shape index (κ2) is 10.0. The molecule has 1 aromatic carbocycles. The molecule has 2 aromatic rings. The Bertz CT molecular complexity index is 673. The molecule has 2 N–H and O–H groups in total. The summed E-state index contributed by atoms with van der Waals surface area (Å²) in [5.41, 5.74) is 2.62. The standard InChI is InChI=1S/C19H25ClN4O/c1-24(2)11-3-9-23-19(25)16-12-18(14-21-13-16)22-10-8-15-4-6-17(20)7-5-15/h4-7,12-14,22H,3,8-11H2,1-2H3,(H,23,25).